The molecule has 0 fully saturated rings. The molecule has 6 heteroatoms. The number of hydrogen-bond acceptors (Lipinski definition) is 5. The van der Waals surface area contributed by atoms with Gasteiger partial charge in [0.2, 0.25) is 0 Å². The van der Waals surface area contributed by atoms with Crippen LogP contribution >= 0.6 is 0 Å². The first kappa shape index (κ1) is 18.0. The molecule has 0 aliphatic carbocycles. The summed E-state index contributed by atoms with van der Waals surface area (Å²) in [5.74, 6) is 1.47. The topological polar surface area (TPSA) is 46.2 Å². The Labute approximate surface area is 128 Å². The Bertz CT molecular complexity index is 408. The van der Waals surface area contributed by atoms with Crippen LogP contribution in [0.4, 0.5) is 0 Å². The Morgan fingerprint density at radius 3 is 1.48 bits per heavy atom. The maximum atomic E-state index is 5.92. The molecule has 0 amide bonds. The number of benzene rings is 1. The van der Waals surface area contributed by atoms with Crippen LogP contribution in [0.5, 0.6) is 11.5 Å². The van der Waals surface area contributed by atoms with Crippen molar-refractivity contribution in [2.75, 3.05) is 34.0 Å². The lowest BCUT2D eigenvalue weighted by Gasteiger charge is -2.29. The smallest absolute Gasteiger partial charge is 0.496 e. The van der Waals surface area contributed by atoms with Gasteiger partial charge in [0.15, 0.2) is 0 Å². The van der Waals surface area contributed by atoms with Crippen LogP contribution in [0.25, 0.3) is 0 Å². The minimum absolute atomic E-state index is 0.519. The van der Waals surface area contributed by atoms with Crippen LogP contribution < -0.4 is 14.7 Å². The molecule has 0 aromatic heterocycles. The fourth-order valence-corrected chi connectivity index (χ4v) is 4.71. The lowest BCUT2D eigenvalue weighted by atomic mass is 10.2. The summed E-state index contributed by atoms with van der Waals surface area (Å²) in [4.78, 5) is 0. The van der Waals surface area contributed by atoms with Gasteiger partial charge in [-0.2, -0.15) is 0 Å². The van der Waals surface area contributed by atoms with Gasteiger partial charge in [-0.25, -0.2) is 0 Å². The Morgan fingerprint density at radius 1 is 0.810 bits per heavy atom. The van der Waals surface area contributed by atoms with Crippen molar-refractivity contribution < 1.29 is 22.8 Å². The van der Waals surface area contributed by atoms with Crippen molar-refractivity contribution in [1.82, 2.24) is 0 Å². The van der Waals surface area contributed by atoms with Crippen LogP contribution in [0.3, 0.4) is 0 Å². The SMILES string of the molecule is CCO[Si](OCC)(OCC)c1cc(OC)c(C)c(OC)c1. The highest BCUT2D eigenvalue weighted by Crippen LogP contribution is 2.28. The maximum Gasteiger partial charge on any atom is 0.537 e. The molecule has 0 aliphatic heterocycles. The molecule has 120 valence electrons. The van der Waals surface area contributed by atoms with E-state index in [-0.39, 0.29) is 0 Å². The van der Waals surface area contributed by atoms with Crippen LogP contribution in [0, 0.1) is 6.92 Å². The second kappa shape index (κ2) is 8.38. The fraction of sp³-hybridized carbons (Fsp3) is 0.600. The molecule has 0 radical (unpaired) electrons. The van der Waals surface area contributed by atoms with Gasteiger partial charge in [-0.05, 0) is 39.8 Å². The molecule has 0 heterocycles. The average molecular weight is 314 g/mol. The maximum absolute atomic E-state index is 5.92. The van der Waals surface area contributed by atoms with Crippen molar-refractivity contribution >= 4 is 14.0 Å². The molecule has 0 spiro atoms. The second-order valence-corrected chi connectivity index (χ2v) is 6.92. The minimum atomic E-state index is -2.95. The van der Waals surface area contributed by atoms with E-state index < -0.39 is 8.80 Å². The van der Waals surface area contributed by atoms with E-state index >= 15 is 0 Å². The Kier molecular flexibility index (Phi) is 7.17. The molecule has 21 heavy (non-hydrogen) atoms. The van der Waals surface area contributed by atoms with Crippen LogP contribution in [0.15, 0.2) is 12.1 Å². The first-order valence-corrected chi connectivity index (χ1v) is 8.95. The quantitative estimate of drug-likeness (QED) is 0.654. The molecule has 0 saturated heterocycles. The molecular weight excluding hydrogens is 288 g/mol. The lowest BCUT2D eigenvalue weighted by molar-refractivity contribution is 0.0858. The predicted octanol–water partition coefficient (Wildman–Crippen LogP) is 2.27. The highest BCUT2D eigenvalue weighted by Gasteiger charge is 2.44. The second-order valence-electron chi connectivity index (χ2n) is 4.36. The molecule has 1 rings (SSSR count). The molecule has 0 N–H and O–H groups in total. The lowest BCUT2D eigenvalue weighted by Crippen LogP contribution is -2.57. The van der Waals surface area contributed by atoms with Gasteiger partial charge in [0.1, 0.15) is 11.5 Å². The summed E-state index contributed by atoms with van der Waals surface area (Å²) in [6.07, 6.45) is 0. The molecule has 1 aromatic rings. The molecule has 0 atom stereocenters. The average Bonchev–Trinajstić information content (AvgIpc) is 2.48. The highest BCUT2D eigenvalue weighted by atomic mass is 28.4. The Morgan fingerprint density at radius 2 is 1.19 bits per heavy atom. The van der Waals surface area contributed by atoms with Gasteiger partial charge >= 0.3 is 8.80 Å². The van der Waals surface area contributed by atoms with E-state index in [0.29, 0.717) is 19.8 Å². The zero-order valence-electron chi connectivity index (χ0n) is 13.8. The molecule has 1 aromatic carbocycles. The monoisotopic (exact) mass is 314 g/mol. The summed E-state index contributed by atoms with van der Waals surface area (Å²) < 4.78 is 28.6. The number of methoxy groups -OCH3 is 2. The van der Waals surface area contributed by atoms with Gasteiger partial charge in [0.05, 0.1) is 14.2 Å². The van der Waals surface area contributed by atoms with Gasteiger partial charge in [-0.1, -0.05) is 0 Å². The fourth-order valence-electron chi connectivity index (χ4n) is 2.21. The van der Waals surface area contributed by atoms with E-state index in [0.717, 1.165) is 22.2 Å². The minimum Gasteiger partial charge on any atom is -0.496 e. The molecule has 0 bridgehead atoms. The van der Waals surface area contributed by atoms with Crippen LogP contribution in [-0.4, -0.2) is 42.8 Å². The van der Waals surface area contributed by atoms with Crippen molar-refractivity contribution in [2.45, 2.75) is 27.7 Å². The van der Waals surface area contributed by atoms with Crippen molar-refractivity contribution in [2.24, 2.45) is 0 Å². The third kappa shape index (κ3) is 3.97. The van der Waals surface area contributed by atoms with Crippen LogP contribution in [0.2, 0.25) is 0 Å². The summed E-state index contributed by atoms with van der Waals surface area (Å²) >= 11 is 0. The van der Waals surface area contributed by atoms with E-state index in [1.807, 2.05) is 39.8 Å². The molecule has 5 nitrogen and oxygen atoms in total. The largest absolute Gasteiger partial charge is 0.537 e. The first-order chi connectivity index (χ1) is 10.1. The van der Waals surface area contributed by atoms with Gasteiger partial charge in [0.25, 0.3) is 0 Å². The normalized spacial score (nSPS) is 11.5. The van der Waals surface area contributed by atoms with Crippen molar-refractivity contribution in [3.63, 3.8) is 0 Å². The highest BCUT2D eigenvalue weighted by molar-refractivity contribution is 6.75. The Hall–Kier alpha value is -1.08. The number of rotatable bonds is 9. The summed E-state index contributed by atoms with van der Waals surface area (Å²) in [7, 11) is 0.322. The molecular formula is C15H26O5Si. The van der Waals surface area contributed by atoms with Gasteiger partial charge in [-0.3, -0.25) is 0 Å². The molecule has 0 aliphatic rings. The summed E-state index contributed by atoms with van der Waals surface area (Å²) in [6.45, 7) is 9.31. The van der Waals surface area contributed by atoms with E-state index in [2.05, 4.69) is 0 Å². The van der Waals surface area contributed by atoms with Gasteiger partial charge < -0.3 is 22.8 Å². The summed E-state index contributed by atoms with van der Waals surface area (Å²) in [5, 5.41) is 0.854. The number of hydrogen-bond donors (Lipinski definition) is 0. The van der Waals surface area contributed by atoms with Crippen LogP contribution in [0.1, 0.15) is 26.3 Å². The van der Waals surface area contributed by atoms with Crippen molar-refractivity contribution in [3.05, 3.63) is 17.7 Å². The predicted molar refractivity (Wildman–Crippen MR) is 84.5 cm³/mol. The third-order valence-electron chi connectivity index (χ3n) is 3.11. The summed E-state index contributed by atoms with van der Waals surface area (Å²) in [6, 6.07) is 3.84. The zero-order chi connectivity index (χ0) is 15.9. The molecule has 0 saturated carbocycles. The van der Waals surface area contributed by atoms with Crippen molar-refractivity contribution in [3.8, 4) is 11.5 Å². The van der Waals surface area contributed by atoms with E-state index in [9.17, 15) is 0 Å². The van der Waals surface area contributed by atoms with Crippen LogP contribution in [-0.2, 0) is 13.3 Å². The standard InChI is InChI=1S/C15H26O5Si/c1-7-18-21(19-8-2,20-9-3)13-10-14(16-5)12(4)15(11-13)17-6/h10-11H,7-9H2,1-6H3. The van der Waals surface area contributed by atoms with E-state index in [1.54, 1.807) is 14.2 Å². The third-order valence-corrected chi connectivity index (χ3v) is 6.11. The van der Waals surface area contributed by atoms with E-state index in [4.69, 9.17) is 22.8 Å². The molecule has 0 unspecified atom stereocenters. The Balaban J connectivity index is 3.41. The summed E-state index contributed by atoms with van der Waals surface area (Å²) in [5.41, 5.74) is 0.941. The van der Waals surface area contributed by atoms with E-state index in [1.165, 1.54) is 0 Å². The first-order valence-electron chi connectivity index (χ1n) is 7.23. The van der Waals surface area contributed by atoms with Gasteiger partial charge in [0, 0.05) is 30.6 Å². The zero-order valence-corrected chi connectivity index (χ0v) is 14.8. The van der Waals surface area contributed by atoms with Crippen molar-refractivity contribution in [1.29, 1.82) is 0 Å². The van der Waals surface area contributed by atoms with Gasteiger partial charge in [-0.15, -0.1) is 0 Å². The number of ether oxygens (including phenoxy) is 2.